The van der Waals surface area contributed by atoms with E-state index in [0.717, 1.165) is 0 Å². The molecule has 0 amide bonds. The molecule has 0 spiro atoms. The van der Waals surface area contributed by atoms with E-state index < -0.39 is 12.1 Å². The predicted octanol–water partition coefficient (Wildman–Crippen LogP) is 3.64. The molecule has 0 aliphatic heterocycles. The number of rotatable bonds is 3. The van der Waals surface area contributed by atoms with Crippen LogP contribution >= 0.6 is 11.6 Å². The molecule has 0 N–H and O–H groups in total. The molecule has 0 radical (unpaired) electrons. The van der Waals surface area contributed by atoms with Crippen LogP contribution in [0.5, 0.6) is 11.5 Å². The largest absolute Gasteiger partial charge is 0.573 e. The van der Waals surface area contributed by atoms with E-state index in [-0.39, 0.29) is 17.4 Å². The minimum atomic E-state index is -4.78. The van der Waals surface area contributed by atoms with E-state index >= 15 is 0 Å². The summed E-state index contributed by atoms with van der Waals surface area (Å²) in [7, 11) is 0. The van der Waals surface area contributed by atoms with E-state index in [1.165, 1.54) is 18.2 Å². The third-order valence-corrected chi connectivity index (χ3v) is 1.75. The lowest BCUT2D eigenvalue weighted by Crippen LogP contribution is -2.18. The molecule has 6 heteroatoms. The minimum absolute atomic E-state index is 0.0256. The molecule has 0 saturated carbocycles. The SMILES string of the molecule is CCOc1cccc(Cl)c1OC(F)(F)F. The molecule has 0 bridgehead atoms. The molecule has 1 aromatic carbocycles. The van der Waals surface area contributed by atoms with Crippen molar-refractivity contribution < 1.29 is 22.6 Å². The Hall–Kier alpha value is -1.10. The summed E-state index contributed by atoms with van der Waals surface area (Å²) < 4.78 is 44.7. The fourth-order valence-electron chi connectivity index (χ4n) is 0.973. The van der Waals surface area contributed by atoms with Crippen LogP contribution in [0.4, 0.5) is 13.2 Å². The van der Waals surface area contributed by atoms with Gasteiger partial charge in [-0.3, -0.25) is 0 Å². The van der Waals surface area contributed by atoms with Crippen molar-refractivity contribution in [2.45, 2.75) is 13.3 Å². The first kappa shape index (κ1) is 12.0. The molecule has 1 rings (SSSR count). The molecule has 0 aromatic heterocycles. The highest BCUT2D eigenvalue weighted by Crippen LogP contribution is 2.38. The van der Waals surface area contributed by atoms with E-state index in [4.69, 9.17) is 16.3 Å². The second kappa shape index (κ2) is 4.61. The third kappa shape index (κ3) is 3.51. The second-order valence-electron chi connectivity index (χ2n) is 2.55. The van der Waals surface area contributed by atoms with Crippen LogP contribution in [0.15, 0.2) is 18.2 Å². The van der Waals surface area contributed by atoms with Gasteiger partial charge >= 0.3 is 6.36 Å². The maximum absolute atomic E-state index is 12.0. The van der Waals surface area contributed by atoms with Gasteiger partial charge < -0.3 is 9.47 Å². The first-order valence-corrected chi connectivity index (χ1v) is 4.49. The summed E-state index contributed by atoms with van der Waals surface area (Å²) in [6.07, 6.45) is -4.78. The zero-order chi connectivity index (χ0) is 11.5. The van der Waals surface area contributed by atoms with Crippen LogP contribution in [0.1, 0.15) is 6.92 Å². The summed E-state index contributed by atoms with van der Waals surface area (Å²) in [6, 6.07) is 4.14. The first-order chi connectivity index (χ1) is 6.94. The number of hydrogen-bond donors (Lipinski definition) is 0. The Labute approximate surface area is 89.6 Å². The Balaban J connectivity index is 3.02. The van der Waals surface area contributed by atoms with Crippen molar-refractivity contribution in [1.29, 1.82) is 0 Å². The van der Waals surface area contributed by atoms with Crippen molar-refractivity contribution >= 4 is 11.6 Å². The summed E-state index contributed by atoms with van der Waals surface area (Å²) in [5.74, 6) is -0.532. The summed E-state index contributed by atoms with van der Waals surface area (Å²) in [5.41, 5.74) is 0. The molecule has 0 heterocycles. The average molecular weight is 241 g/mol. The Morgan fingerprint density at radius 1 is 1.33 bits per heavy atom. The van der Waals surface area contributed by atoms with E-state index in [9.17, 15) is 13.2 Å². The van der Waals surface area contributed by atoms with Crippen molar-refractivity contribution in [3.63, 3.8) is 0 Å². The topological polar surface area (TPSA) is 18.5 Å². The van der Waals surface area contributed by atoms with E-state index in [0.29, 0.717) is 0 Å². The zero-order valence-corrected chi connectivity index (χ0v) is 8.52. The zero-order valence-electron chi connectivity index (χ0n) is 7.77. The molecule has 15 heavy (non-hydrogen) atoms. The second-order valence-corrected chi connectivity index (χ2v) is 2.96. The number of benzene rings is 1. The van der Waals surface area contributed by atoms with Crippen LogP contribution in [0.3, 0.4) is 0 Å². The molecule has 2 nitrogen and oxygen atoms in total. The molecule has 0 saturated heterocycles. The van der Waals surface area contributed by atoms with Gasteiger partial charge in [0.15, 0.2) is 11.5 Å². The van der Waals surface area contributed by atoms with Crippen molar-refractivity contribution in [3.05, 3.63) is 23.2 Å². The van der Waals surface area contributed by atoms with Crippen LogP contribution in [-0.4, -0.2) is 13.0 Å². The minimum Gasteiger partial charge on any atom is -0.490 e. The van der Waals surface area contributed by atoms with Crippen LogP contribution in [-0.2, 0) is 0 Å². The van der Waals surface area contributed by atoms with Crippen LogP contribution in [0.2, 0.25) is 5.02 Å². The van der Waals surface area contributed by atoms with Gasteiger partial charge in [0.05, 0.1) is 11.6 Å². The average Bonchev–Trinajstić information content (AvgIpc) is 2.10. The van der Waals surface area contributed by atoms with Gasteiger partial charge in [-0.2, -0.15) is 0 Å². The smallest absolute Gasteiger partial charge is 0.490 e. The van der Waals surface area contributed by atoms with E-state index in [1.807, 2.05) is 0 Å². The van der Waals surface area contributed by atoms with Gasteiger partial charge in [0.2, 0.25) is 0 Å². The summed E-state index contributed by atoms with van der Waals surface area (Å²) >= 11 is 5.57. The van der Waals surface area contributed by atoms with Gasteiger partial charge in [-0.25, -0.2) is 0 Å². The third-order valence-electron chi connectivity index (χ3n) is 1.45. The van der Waals surface area contributed by atoms with Gasteiger partial charge in [-0.15, -0.1) is 13.2 Å². The molecular weight excluding hydrogens is 233 g/mol. The maximum Gasteiger partial charge on any atom is 0.573 e. The number of alkyl halides is 3. The van der Waals surface area contributed by atoms with Crippen molar-refractivity contribution in [1.82, 2.24) is 0 Å². The summed E-state index contributed by atoms with van der Waals surface area (Å²) in [6.45, 7) is 1.88. The Kier molecular flexibility index (Phi) is 3.68. The number of halogens is 4. The Morgan fingerprint density at radius 2 is 2.00 bits per heavy atom. The van der Waals surface area contributed by atoms with E-state index in [2.05, 4.69) is 4.74 Å². The van der Waals surface area contributed by atoms with Crippen molar-refractivity contribution in [2.75, 3.05) is 6.61 Å². The highest BCUT2D eigenvalue weighted by molar-refractivity contribution is 6.32. The van der Waals surface area contributed by atoms with Gasteiger partial charge in [-0.05, 0) is 19.1 Å². The molecule has 84 valence electrons. The Bertz CT molecular complexity index is 339. The summed E-state index contributed by atoms with van der Waals surface area (Å²) in [4.78, 5) is 0. The standard InChI is InChI=1S/C9H8ClF3O2/c1-2-14-7-5-3-4-6(10)8(7)15-9(11,12)13/h3-5H,2H2,1H3. The van der Waals surface area contributed by atoms with Gasteiger partial charge in [0.1, 0.15) is 0 Å². The molecule has 0 fully saturated rings. The lowest BCUT2D eigenvalue weighted by molar-refractivity contribution is -0.275. The van der Waals surface area contributed by atoms with E-state index in [1.54, 1.807) is 6.92 Å². The van der Waals surface area contributed by atoms with Crippen molar-refractivity contribution in [2.24, 2.45) is 0 Å². The normalized spacial score (nSPS) is 11.3. The lowest BCUT2D eigenvalue weighted by Gasteiger charge is -2.14. The molecule has 0 atom stereocenters. The van der Waals surface area contributed by atoms with Gasteiger partial charge in [0, 0.05) is 0 Å². The summed E-state index contributed by atoms with van der Waals surface area (Å²) in [5, 5.41) is -0.140. The molecule has 0 unspecified atom stereocenters. The molecule has 0 aliphatic carbocycles. The Morgan fingerprint density at radius 3 is 2.53 bits per heavy atom. The van der Waals surface area contributed by atoms with Gasteiger partial charge in [-0.1, -0.05) is 17.7 Å². The first-order valence-electron chi connectivity index (χ1n) is 4.11. The highest BCUT2D eigenvalue weighted by atomic mass is 35.5. The van der Waals surface area contributed by atoms with Crippen LogP contribution in [0.25, 0.3) is 0 Å². The monoisotopic (exact) mass is 240 g/mol. The van der Waals surface area contributed by atoms with Crippen molar-refractivity contribution in [3.8, 4) is 11.5 Å². The number of ether oxygens (including phenoxy) is 2. The fourth-order valence-corrected chi connectivity index (χ4v) is 1.18. The predicted molar refractivity (Wildman–Crippen MR) is 49.3 cm³/mol. The lowest BCUT2D eigenvalue weighted by atomic mass is 10.3. The number of hydrogen-bond acceptors (Lipinski definition) is 2. The molecule has 0 aliphatic rings. The van der Waals surface area contributed by atoms with Gasteiger partial charge in [0.25, 0.3) is 0 Å². The molecule has 1 aromatic rings. The fraction of sp³-hybridized carbons (Fsp3) is 0.333. The quantitative estimate of drug-likeness (QED) is 0.803. The number of para-hydroxylation sites is 1. The van der Waals surface area contributed by atoms with Crippen LogP contribution < -0.4 is 9.47 Å². The van der Waals surface area contributed by atoms with Crippen LogP contribution in [0, 0.1) is 0 Å². The maximum atomic E-state index is 12.0. The molecular formula is C9H8ClF3O2. The highest BCUT2D eigenvalue weighted by Gasteiger charge is 2.33.